The molecule has 2 amide bonds. The van der Waals surface area contributed by atoms with Crippen molar-refractivity contribution in [1.29, 1.82) is 0 Å². The van der Waals surface area contributed by atoms with E-state index in [9.17, 15) is 9.59 Å². The van der Waals surface area contributed by atoms with Gasteiger partial charge in [0.25, 0.3) is 0 Å². The Hall–Kier alpha value is -1.66. The maximum Gasteiger partial charge on any atom is 0.246 e. The summed E-state index contributed by atoms with van der Waals surface area (Å²) in [5.41, 5.74) is 0. The van der Waals surface area contributed by atoms with Crippen LogP contribution in [0.1, 0.15) is 44.4 Å². The predicted octanol–water partition coefficient (Wildman–Crippen LogP) is 2.99. The largest absolute Gasteiger partial charge is 0.354 e. The Balaban J connectivity index is 1.41. The molecular weight excluding hydrogens is 358 g/mol. The summed E-state index contributed by atoms with van der Waals surface area (Å²) in [7, 11) is 0. The second kappa shape index (κ2) is 9.51. The lowest BCUT2D eigenvalue weighted by Gasteiger charge is -2.41. The van der Waals surface area contributed by atoms with E-state index >= 15 is 0 Å². The van der Waals surface area contributed by atoms with Gasteiger partial charge in [0.1, 0.15) is 0 Å². The predicted molar refractivity (Wildman–Crippen MR) is 111 cm³/mol. The molecular formula is C21H31N3O2S. The quantitative estimate of drug-likeness (QED) is 0.788. The van der Waals surface area contributed by atoms with Crippen molar-refractivity contribution in [3.63, 3.8) is 0 Å². The first kappa shape index (κ1) is 20.1. The molecule has 3 rings (SSSR count). The third kappa shape index (κ3) is 5.66. The van der Waals surface area contributed by atoms with Crippen molar-refractivity contribution in [3.8, 4) is 0 Å². The van der Waals surface area contributed by atoms with Crippen LogP contribution < -0.4 is 5.32 Å². The molecule has 0 bridgehead atoms. The minimum Gasteiger partial charge on any atom is -0.354 e. The van der Waals surface area contributed by atoms with Crippen LogP contribution in [0, 0.1) is 5.92 Å². The minimum atomic E-state index is 0.117. The van der Waals surface area contributed by atoms with Crippen molar-refractivity contribution in [2.75, 3.05) is 26.2 Å². The van der Waals surface area contributed by atoms with Gasteiger partial charge in [0.2, 0.25) is 11.8 Å². The summed E-state index contributed by atoms with van der Waals surface area (Å²) < 4.78 is 0. The summed E-state index contributed by atoms with van der Waals surface area (Å²) in [6.07, 6.45) is 7.56. The average molecular weight is 390 g/mol. The van der Waals surface area contributed by atoms with Crippen LogP contribution in [-0.4, -0.2) is 59.9 Å². The number of nitrogens with one attached hydrogen (secondary N) is 1. The molecule has 2 aliphatic rings. The minimum absolute atomic E-state index is 0.117. The van der Waals surface area contributed by atoms with Gasteiger partial charge in [0.05, 0.1) is 0 Å². The third-order valence-electron chi connectivity index (χ3n) is 5.56. The monoisotopic (exact) mass is 389 g/mol. The standard InChI is InChI=1S/C21H31N3O2S/c1-16(2)22-21(26)17-7-11-23(12-8-17)18-9-13-24(14-10-18)20(25)6-5-19-4-3-15-27-19/h3-6,15-18H,7-14H2,1-2H3,(H,22,26)/b6-5+. The fourth-order valence-electron chi connectivity index (χ4n) is 4.03. The highest BCUT2D eigenvalue weighted by atomic mass is 32.1. The van der Waals surface area contributed by atoms with Crippen LogP contribution in [0.2, 0.25) is 0 Å². The molecule has 6 heteroatoms. The van der Waals surface area contributed by atoms with E-state index in [0.29, 0.717) is 6.04 Å². The lowest BCUT2D eigenvalue weighted by molar-refractivity contribution is -0.129. The molecule has 0 radical (unpaired) electrons. The van der Waals surface area contributed by atoms with Crippen LogP contribution in [0.3, 0.4) is 0 Å². The molecule has 1 aromatic rings. The van der Waals surface area contributed by atoms with E-state index in [1.807, 2.05) is 42.3 Å². The Bertz CT molecular complexity index is 640. The molecule has 1 N–H and O–H groups in total. The smallest absolute Gasteiger partial charge is 0.246 e. The number of piperidine rings is 2. The molecule has 0 saturated carbocycles. The third-order valence-corrected chi connectivity index (χ3v) is 6.39. The molecule has 2 fully saturated rings. The van der Waals surface area contributed by atoms with Gasteiger partial charge >= 0.3 is 0 Å². The lowest BCUT2D eigenvalue weighted by Crippen LogP contribution is -2.50. The van der Waals surface area contributed by atoms with Crippen LogP contribution in [0.25, 0.3) is 6.08 Å². The second-order valence-electron chi connectivity index (χ2n) is 7.88. The maximum atomic E-state index is 12.4. The van der Waals surface area contributed by atoms with Crippen molar-refractivity contribution in [1.82, 2.24) is 15.1 Å². The molecule has 3 heterocycles. The van der Waals surface area contributed by atoms with Crippen LogP contribution in [0.5, 0.6) is 0 Å². The maximum absolute atomic E-state index is 12.4. The van der Waals surface area contributed by atoms with Crippen LogP contribution in [-0.2, 0) is 9.59 Å². The normalized spacial score (nSPS) is 20.5. The molecule has 148 valence electrons. The fraction of sp³-hybridized carbons (Fsp3) is 0.619. The lowest BCUT2D eigenvalue weighted by atomic mass is 9.92. The highest BCUT2D eigenvalue weighted by Gasteiger charge is 2.31. The summed E-state index contributed by atoms with van der Waals surface area (Å²) in [6, 6.07) is 4.78. The zero-order valence-electron chi connectivity index (χ0n) is 16.4. The fourth-order valence-corrected chi connectivity index (χ4v) is 4.64. The SMILES string of the molecule is CC(C)NC(=O)C1CCN(C2CCN(C(=O)/C=C/c3cccs3)CC2)CC1. The zero-order chi connectivity index (χ0) is 19.2. The van der Waals surface area contributed by atoms with Gasteiger partial charge in [0, 0.05) is 42.0 Å². The first-order valence-electron chi connectivity index (χ1n) is 10.1. The molecule has 2 saturated heterocycles. The van der Waals surface area contributed by atoms with E-state index in [-0.39, 0.29) is 23.8 Å². The Morgan fingerprint density at radius 1 is 1.15 bits per heavy atom. The van der Waals surface area contributed by atoms with Gasteiger partial charge in [0.15, 0.2) is 0 Å². The Kier molecular flexibility index (Phi) is 7.07. The van der Waals surface area contributed by atoms with Gasteiger partial charge in [-0.05, 0) is 70.1 Å². The van der Waals surface area contributed by atoms with Crippen LogP contribution >= 0.6 is 11.3 Å². The second-order valence-corrected chi connectivity index (χ2v) is 8.86. The summed E-state index contributed by atoms with van der Waals surface area (Å²) in [5.74, 6) is 0.487. The molecule has 0 spiro atoms. The van der Waals surface area contributed by atoms with Gasteiger partial charge in [-0.15, -0.1) is 11.3 Å². The van der Waals surface area contributed by atoms with Crippen LogP contribution in [0.15, 0.2) is 23.6 Å². The topological polar surface area (TPSA) is 52.7 Å². The number of hydrogen-bond donors (Lipinski definition) is 1. The van der Waals surface area contributed by atoms with E-state index in [0.717, 1.165) is 56.7 Å². The van der Waals surface area contributed by atoms with Gasteiger partial charge < -0.3 is 15.1 Å². The number of carbonyl (C=O) groups excluding carboxylic acids is 2. The van der Waals surface area contributed by atoms with Gasteiger partial charge in [-0.25, -0.2) is 0 Å². The molecule has 1 aromatic heterocycles. The number of likely N-dealkylation sites (tertiary alicyclic amines) is 2. The van der Waals surface area contributed by atoms with Crippen molar-refractivity contribution in [2.24, 2.45) is 5.92 Å². The Morgan fingerprint density at radius 3 is 2.44 bits per heavy atom. The van der Waals surface area contributed by atoms with Crippen molar-refractivity contribution in [2.45, 2.75) is 51.6 Å². The Morgan fingerprint density at radius 2 is 1.85 bits per heavy atom. The summed E-state index contributed by atoms with van der Waals surface area (Å²) in [6.45, 7) is 7.66. The first-order valence-corrected chi connectivity index (χ1v) is 11.0. The highest BCUT2D eigenvalue weighted by Crippen LogP contribution is 2.24. The number of carbonyl (C=O) groups is 2. The molecule has 0 unspecified atom stereocenters. The molecule has 0 atom stereocenters. The molecule has 5 nitrogen and oxygen atoms in total. The van der Waals surface area contributed by atoms with Crippen LogP contribution in [0.4, 0.5) is 0 Å². The van der Waals surface area contributed by atoms with Gasteiger partial charge in [-0.2, -0.15) is 0 Å². The van der Waals surface area contributed by atoms with Gasteiger partial charge in [-0.1, -0.05) is 6.07 Å². The van der Waals surface area contributed by atoms with Crippen molar-refractivity contribution >= 4 is 29.2 Å². The summed E-state index contributed by atoms with van der Waals surface area (Å²) in [4.78, 5) is 30.2. The molecule has 2 aliphatic heterocycles. The molecule has 0 aliphatic carbocycles. The van der Waals surface area contributed by atoms with E-state index in [1.165, 1.54) is 0 Å². The van der Waals surface area contributed by atoms with E-state index in [2.05, 4.69) is 10.2 Å². The average Bonchev–Trinajstić information content (AvgIpc) is 3.19. The van der Waals surface area contributed by atoms with E-state index < -0.39 is 0 Å². The number of rotatable bonds is 5. The van der Waals surface area contributed by atoms with E-state index in [4.69, 9.17) is 0 Å². The van der Waals surface area contributed by atoms with Crippen molar-refractivity contribution in [3.05, 3.63) is 28.5 Å². The first-order chi connectivity index (χ1) is 13.0. The van der Waals surface area contributed by atoms with Gasteiger partial charge in [-0.3, -0.25) is 9.59 Å². The Labute approximate surface area is 166 Å². The number of hydrogen-bond acceptors (Lipinski definition) is 4. The number of nitrogens with zero attached hydrogens (tertiary/aromatic N) is 2. The highest BCUT2D eigenvalue weighted by molar-refractivity contribution is 7.10. The van der Waals surface area contributed by atoms with Crippen molar-refractivity contribution < 1.29 is 9.59 Å². The molecule has 27 heavy (non-hydrogen) atoms. The number of thiophene rings is 1. The zero-order valence-corrected chi connectivity index (χ0v) is 17.2. The van der Waals surface area contributed by atoms with E-state index in [1.54, 1.807) is 17.4 Å². The number of amides is 2. The summed E-state index contributed by atoms with van der Waals surface area (Å²) >= 11 is 1.64. The molecule has 0 aromatic carbocycles. The summed E-state index contributed by atoms with van der Waals surface area (Å²) in [5, 5.41) is 5.06.